The molecule has 1 aliphatic heterocycles. The zero-order chi connectivity index (χ0) is 25.2. The summed E-state index contributed by atoms with van der Waals surface area (Å²) in [4.78, 5) is 37.3. The van der Waals surface area contributed by atoms with Crippen LogP contribution < -0.4 is 20.3 Å². The second-order valence-electron chi connectivity index (χ2n) is 8.87. The number of hydrogen-bond acceptors (Lipinski definition) is 5. The molecular weight excluding hydrogens is 453 g/mol. The van der Waals surface area contributed by atoms with E-state index in [1.807, 2.05) is 55.1 Å². The van der Waals surface area contributed by atoms with Gasteiger partial charge in [0.15, 0.2) is 0 Å². The second-order valence-corrected chi connectivity index (χ2v) is 8.87. The Morgan fingerprint density at radius 1 is 1.11 bits per heavy atom. The summed E-state index contributed by atoms with van der Waals surface area (Å²) in [6.45, 7) is 2.39. The molecule has 3 heterocycles. The molecule has 178 valence electrons. The van der Waals surface area contributed by atoms with Crippen LogP contribution in [-0.4, -0.2) is 39.9 Å². The van der Waals surface area contributed by atoms with E-state index in [0.717, 1.165) is 11.1 Å². The summed E-state index contributed by atoms with van der Waals surface area (Å²) in [7, 11) is 7.60. The average molecular weight is 478 g/mol. The summed E-state index contributed by atoms with van der Waals surface area (Å²) in [5.74, 6) is 0.975. The molecule has 0 bridgehead atoms. The largest absolute Gasteiger partial charge is 0.415 e. The maximum absolute atomic E-state index is 13.9. The van der Waals surface area contributed by atoms with Crippen LogP contribution in [-0.2, 0) is 20.0 Å². The number of nitrogens with zero attached hydrogens (tertiary/aromatic N) is 5. The quantitative estimate of drug-likeness (QED) is 0.330. The average Bonchev–Trinajstić information content (AvgIpc) is 2.88. The van der Waals surface area contributed by atoms with Gasteiger partial charge in [-0.25, -0.2) is 14.3 Å². The first kappa shape index (κ1) is 23.5. The van der Waals surface area contributed by atoms with Crippen molar-refractivity contribution >= 4 is 19.4 Å². The third kappa shape index (κ3) is 4.64. The minimum Gasteiger partial charge on any atom is -0.410 e. The van der Waals surface area contributed by atoms with Gasteiger partial charge in [0.2, 0.25) is 0 Å². The molecule has 36 heavy (non-hydrogen) atoms. The summed E-state index contributed by atoms with van der Waals surface area (Å²) < 4.78 is 9.08. The van der Waals surface area contributed by atoms with Crippen molar-refractivity contribution in [1.82, 2.24) is 19.4 Å². The van der Waals surface area contributed by atoms with E-state index < -0.39 is 6.09 Å². The Bertz CT molecular complexity index is 1470. The van der Waals surface area contributed by atoms with Crippen LogP contribution in [0.3, 0.4) is 0 Å². The molecule has 0 saturated heterocycles. The van der Waals surface area contributed by atoms with Crippen molar-refractivity contribution in [3.8, 4) is 5.75 Å². The predicted octanol–water partition coefficient (Wildman–Crippen LogP) is 1.76. The van der Waals surface area contributed by atoms with Gasteiger partial charge in [-0.05, 0) is 31.0 Å². The molecule has 4 aromatic rings. The first-order valence-corrected chi connectivity index (χ1v) is 11.7. The maximum Gasteiger partial charge on any atom is 0.415 e. The number of carbonyl (C=O) groups excluding carboxylic acids is 1. The minimum absolute atomic E-state index is 0.107. The van der Waals surface area contributed by atoms with Gasteiger partial charge < -0.3 is 9.64 Å². The van der Waals surface area contributed by atoms with Gasteiger partial charge in [-0.3, -0.25) is 9.36 Å². The highest BCUT2D eigenvalue weighted by Crippen LogP contribution is 2.26. The first-order chi connectivity index (χ1) is 17.4. The Labute approximate surface area is 210 Å². The molecule has 1 amide bonds. The van der Waals surface area contributed by atoms with Crippen LogP contribution in [0.2, 0.25) is 0 Å². The second kappa shape index (κ2) is 9.77. The molecule has 2 radical (unpaired) electrons. The topological polar surface area (TPSA) is 81.2 Å². The molecule has 1 aliphatic rings. The molecule has 8 nitrogen and oxygen atoms in total. The third-order valence-electron chi connectivity index (χ3n) is 6.30. The molecule has 0 N–H and O–H groups in total. The van der Waals surface area contributed by atoms with Crippen LogP contribution >= 0.6 is 0 Å². The van der Waals surface area contributed by atoms with E-state index in [0.29, 0.717) is 41.3 Å². The summed E-state index contributed by atoms with van der Waals surface area (Å²) in [6, 6.07) is 16.1. The van der Waals surface area contributed by atoms with E-state index in [1.54, 1.807) is 46.3 Å². The van der Waals surface area contributed by atoms with Crippen LogP contribution in [0, 0.1) is 6.92 Å². The fraction of sp³-hybridized carbons (Fsp3) is 0.222. The number of aryl methyl sites for hydroxylation is 2. The standard InChI is InChI=1S/C27H25BN5O3/c1-18-30-24-16-32(27(35)36-22-10-8-21(28)9-11-22)13-12-23(24)26(34)33(18)25(19-6-4-3-5-7-19)20-14-29-17-31(2)15-20/h3-11,14-15,17,25H,12-13,16H2,1-2H3/q+1. The van der Waals surface area contributed by atoms with E-state index in [4.69, 9.17) is 17.6 Å². The van der Waals surface area contributed by atoms with Gasteiger partial charge in [0.1, 0.15) is 25.6 Å². The highest BCUT2D eigenvalue weighted by molar-refractivity contribution is 6.32. The van der Waals surface area contributed by atoms with Crippen molar-refractivity contribution in [2.24, 2.45) is 7.05 Å². The lowest BCUT2D eigenvalue weighted by molar-refractivity contribution is -0.675. The van der Waals surface area contributed by atoms with Crippen LogP contribution in [0.4, 0.5) is 4.79 Å². The maximum atomic E-state index is 13.9. The van der Waals surface area contributed by atoms with Gasteiger partial charge in [0.05, 0.1) is 37.1 Å². The number of aromatic nitrogens is 4. The molecule has 0 aliphatic carbocycles. The Morgan fingerprint density at radius 3 is 2.58 bits per heavy atom. The highest BCUT2D eigenvalue weighted by Gasteiger charge is 2.30. The Morgan fingerprint density at radius 2 is 1.86 bits per heavy atom. The van der Waals surface area contributed by atoms with Crippen LogP contribution in [0.5, 0.6) is 5.75 Å². The van der Waals surface area contributed by atoms with E-state index >= 15 is 0 Å². The lowest BCUT2D eigenvalue weighted by Crippen LogP contribution is -2.43. The predicted molar refractivity (Wildman–Crippen MR) is 134 cm³/mol. The van der Waals surface area contributed by atoms with Gasteiger partial charge in [-0.2, -0.15) is 0 Å². The van der Waals surface area contributed by atoms with E-state index in [9.17, 15) is 9.59 Å². The Kier molecular flexibility index (Phi) is 6.37. The fourth-order valence-electron chi connectivity index (χ4n) is 4.58. The van der Waals surface area contributed by atoms with E-state index in [1.165, 1.54) is 0 Å². The van der Waals surface area contributed by atoms with Gasteiger partial charge >= 0.3 is 6.09 Å². The lowest BCUT2D eigenvalue weighted by Gasteiger charge is -2.29. The zero-order valence-corrected chi connectivity index (χ0v) is 20.2. The number of ether oxygens (including phenoxy) is 1. The summed E-state index contributed by atoms with van der Waals surface area (Å²) in [5.41, 5.74) is 3.53. The molecular formula is C27H25BN5O3+. The Hall–Kier alpha value is -4.27. The van der Waals surface area contributed by atoms with Crippen molar-refractivity contribution in [2.75, 3.05) is 6.54 Å². The SMILES string of the molecule is [B]c1ccc(OC(=O)N2CCc3c(nc(C)n(C(c4ccccc4)c4cnc[n+](C)c4)c3=O)C2)cc1. The smallest absolute Gasteiger partial charge is 0.410 e. The van der Waals surface area contributed by atoms with Gasteiger partial charge in [0.25, 0.3) is 11.9 Å². The van der Waals surface area contributed by atoms with Crippen molar-refractivity contribution in [1.29, 1.82) is 0 Å². The number of rotatable bonds is 4. The molecule has 2 aromatic heterocycles. The van der Waals surface area contributed by atoms with Gasteiger partial charge in [-0.1, -0.05) is 52.9 Å². The van der Waals surface area contributed by atoms with E-state index in [2.05, 4.69) is 4.98 Å². The minimum atomic E-state index is -0.487. The monoisotopic (exact) mass is 478 g/mol. The molecule has 2 aromatic carbocycles. The van der Waals surface area contributed by atoms with E-state index in [-0.39, 0.29) is 18.1 Å². The summed E-state index contributed by atoms with van der Waals surface area (Å²) in [6.07, 6.45) is 5.35. The van der Waals surface area contributed by atoms with Crippen LogP contribution in [0.1, 0.15) is 34.3 Å². The van der Waals surface area contributed by atoms with Crippen molar-refractivity contribution < 1.29 is 14.1 Å². The van der Waals surface area contributed by atoms with Gasteiger partial charge in [-0.15, -0.1) is 0 Å². The number of carbonyl (C=O) groups is 1. The Balaban J connectivity index is 1.49. The van der Waals surface area contributed by atoms with Crippen molar-refractivity contribution in [2.45, 2.75) is 25.9 Å². The zero-order valence-electron chi connectivity index (χ0n) is 20.2. The summed E-state index contributed by atoms with van der Waals surface area (Å²) >= 11 is 0. The number of amides is 1. The number of hydrogen-bond donors (Lipinski definition) is 0. The third-order valence-corrected chi connectivity index (χ3v) is 6.30. The molecule has 0 fully saturated rings. The fourth-order valence-corrected chi connectivity index (χ4v) is 4.58. The highest BCUT2D eigenvalue weighted by atomic mass is 16.6. The number of benzene rings is 2. The van der Waals surface area contributed by atoms with Gasteiger partial charge in [0, 0.05) is 12.1 Å². The van der Waals surface area contributed by atoms with Crippen molar-refractivity contribution in [3.63, 3.8) is 0 Å². The molecule has 5 rings (SSSR count). The molecule has 9 heteroatoms. The molecule has 0 saturated carbocycles. The number of fused-ring (bicyclic) bond motifs is 1. The van der Waals surface area contributed by atoms with Crippen LogP contribution in [0.25, 0.3) is 0 Å². The molecule has 0 spiro atoms. The summed E-state index contributed by atoms with van der Waals surface area (Å²) in [5, 5.41) is 0. The normalized spacial score (nSPS) is 13.7. The lowest BCUT2D eigenvalue weighted by atomic mass is 9.97. The van der Waals surface area contributed by atoms with Crippen LogP contribution in [0.15, 0.2) is 78.1 Å². The first-order valence-electron chi connectivity index (χ1n) is 11.7. The van der Waals surface area contributed by atoms with Crippen molar-refractivity contribution in [3.05, 3.63) is 112 Å². The molecule has 1 atom stereocenters. The molecule has 1 unspecified atom stereocenters.